The summed E-state index contributed by atoms with van der Waals surface area (Å²) < 4.78 is 0. The van der Waals surface area contributed by atoms with E-state index in [1.807, 2.05) is 6.92 Å². The molecule has 2 heteroatoms. The lowest BCUT2D eigenvalue weighted by Gasteiger charge is -2.31. The van der Waals surface area contributed by atoms with Crippen molar-refractivity contribution in [1.29, 1.82) is 0 Å². The maximum Gasteiger partial charge on any atom is 0.0299 e. The van der Waals surface area contributed by atoms with Gasteiger partial charge in [0.05, 0.1) is 0 Å². The first-order valence-electron chi connectivity index (χ1n) is 5.09. The topological polar surface area (TPSA) is 38.0 Å². The van der Waals surface area contributed by atoms with Gasteiger partial charge in [-0.15, -0.1) is 11.8 Å². The van der Waals surface area contributed by atoms with Gasteiger partial charge < -0.3 is 11.1 Å². The third kappa shape index (κ3) is 4.31. The lowest BCUT2D eigenvalue weighted by atomic mass is 9.93. The summed E-state index contributed by atoms with van der Waals surface area (Å²) in [4.78, 5) is 0. The Bertz CT molecular complexity index is 164. The van der Waals surface area contributed by atoms with Crippen molar-refractivity contribution in [3.63, 3.8) is 0 Å². The summed E-state index contributed by atoms with van der Waals surface area (Å²) >= 11 is 0. The minimum Gasteiger partial charge on any atom is -0.329 e. The van der Waals surface area contributed by atoms with Crippen LogP contribution in [0.4, 0.5) is 0 Å². The van der Waals surface area contributed by atoms with E-state index in [1.165, 1.54) is 0 Å². The Morgan fingerprint density at radius 2 is 1.92 bits per heavy atom. The molecule has 0 aliphatic carbocycles. The first-order valence-corrected chi connectivity index (χ1v) is 5.09. The Balaban J connectivity index is 3.85. The fraction of sp³-hybridized carbons (Fsp3) is 0.818. The zero-order valence-corrected chi connectivity index (χ0v) is 9.11. The molecule has 0 radical (unpaired) electrons. The van der Waals surface area contributed by atoms with Gasteiger partial charge in [-0.05, 0) is 19.8 Å². The highest BCUT2D eigenvalue weighted by atomic mass is 15.0. The fourth-order valence-corrected chi connectivity index (χ4v) is 1.38. The summed E-state index contributed by atoms with van der Waals surface area (Å²) in [6, 6.07) is 0. The highest BCUT2D eigenvalue weighted by molar-refractivity contribution is 4.96. The van der Waals surface area contributed by atoms with E-state index in [4.69, 9.17) is 5.73 Å². The third-order valence-corrected chi connectivity index (χ3v) is 2.67. The second kappa shape index (κ2) is 6.94. The van der Waals surface area contributed by atoms with E-state index in [1.54, 1.807) is 0 Å². The predicted octanol–water partition coefficient (Wildman–Crippen LogP) is 1.51. The van der Waals surface area contributed by atoms with Gasteiger partial charge in [-0.1, -0.05) is 13.8 Å². The molecule has 3 N–H and O–H groups in total. The molecule has 0 amide bonds. The van der Waals surface area contributed by atoms with Crippen LogP contribution in [0.3, 0.4) is 0 Å². The lowest BCUT2D eigenvalue weighted by molar-refractivity contribution is 0.313. The molecule has 0 atom stereocenters. The molecule has 0 aromatic heterocycles. The van der Waals surface area contributed by atoms with Crippen molar-refractivity contribution in [3.8, 4) is 11.8 Å². The maximum absolute atomic E-state index is 5.74. The minimum absolute atomic E-state index is 0.134. The van der Waals surface area contributed by atoms with Gasteiger partial charge in [0.25, 0.3) is 0 Å². The first-order chi connectivity index (χ1) is 6.24. The number of nitrogens with two attached hydrogens (primary N) is 1. The molecule has 0 fully saturated rings. The first kappa shape index (κ1) is 12.5. The Hall–Kier alpha value is -0.520. The molecule has 0 saturated carbocycles. The second-order valence-corrected chi connectivity index (χ2v) is 3.30. The number of rotatable bonds is 6. The lowest BCUT2D eigenvalue weighted by Crippen LogP contribution is -2.50. The second-order valence-electron chi connectivity index (χ2n) is 3.30. The molecule has 0 rings (SSSR count). The Morgan fingerprint density at radius 1 is 1.31 bits per heavy atom. The smallest absolute Gasteiger partial charge is 0.0299 e. The highest BCUT2D eigenvalue weighted by Gasteiger charge is 2.22. The van der Waals surface area contributed by atoms with Crippen molar-refractivity contribution in [3.05, 3.63) is 0 Å². The molecule has 0 bridgehead atoms. The van der Waals surface area contributed by atoms with Gasteiger partial charge in [0, 0.05) is 25.0 Å². The largest absolute Gasteiger partial charge is 0.329 e. The van der Waals surface area contributed by atoms with Crippen LogP contribution in [-0.2, 0) is 0 Å². The van der Waals surface area contributed by atoms with Crippen molar-refractivity contribution in [2.24, 2.45) is 5.73 Å². The molecule has 0 aromatic carbocycles. The molecular weight excluding hydrogens is 160 g/mol. The van der Waals surface area contributed by atoms with E-state index in [9.17, 15) is 0 Å². The third-order valence-electron chi connectivity index (χ3n) is 2.67. The minimum atomic E-state index is 0.134. The summed E-state index contributed by atoms with van der Waals surface area (Å²) in [5, 5.41) is 3.49. The molecule has 0 aromatic rings. The molecule has 0 unspecified atom stereocenters. The average molecular weight is 182 g/mol. The van der Waals surface area contributed by atoms with Crippen molar-refractivity contribution in [2.45, 2.75) is 45.6 Å². The summed E-state index contributed by atoms with van der Waals surface area (Å²) in [6.07, 6.45) is 3.08. The monoisotopic (exact) mass is 182 g/mol. The Labute approximate surface area is 82.3 Å². The van der Waals surface area contributed by atoms with E-state index in [0.717, 1.165) is 25.8 Å². The zero-order chi connectivity index (χ0) is 10.2. The summed E-state index contributed by atoms with van der Waals surface area (Å²) in [5.41, 5.74) is 5.88. The molecule has 0 aliphatic rings. The van der Waals surface area contributed by atoms with Crippen LogP contribution in [0.1, 0.15) is 40.0 Å². The summed E-state index contributed by atoms with van der Waals surface area (Å²) in [6.45, 7) is 7.87. The standard InChI is InChI=1S/C11H22N2/c1-4-7-8-9-13-11(5-2,6-3)10-12/h13H,5-6,8-10,12H2,1-3H3. The normalized spacial score (nSPS) is 10.8. The van der Waals surface area contributed by atoms with Crippen LogP contribution in [0.5, 0.6) is 0 Å². The van der Waals surface area contributed by atoms with Crippen LogP contribution in [0, 0.1) is 11.8 Å². The Morgan fingerprint density at radius 3 is 2.31 bits per heavy atom. The molecule has 13 heavy (non-hydrogen) atoms. The maximum atomic E-state index is 5.74. The van der Waals surface area contributed by atoms with E-state index in [0.29, 0.717) is 6.54 Å². The summed E-state index contributed by atoms with van der Waals surface area (Å²) in [7, 11) is 0. The van der Waals surface area contributed by atoms with Crippen LogP contribution in [-0.4, -0.2) is 18.6 Å². The molecule has 2 nitrogen and oxygen atoms in total. The molecule has 0 heterocycles. The van der Waals surface area contributed by atoms with Crippen LogP contribution in [0.15, 0.2) is 0 Å². The molecule has 0 saturated heterocycles. The average Bonchev–Trinajstić information content (AvgIpc) is 2.20. The Kier molecular flexibility index (Phi) is 6.66. The molecule has 76 valence electrons. The number of hydrogen-bond acceptors (Lipinski definition) is 2. The molecule has 0 spiro atoms. The van der Waals surface area contributed by atoms with E-state index in [-0.39, 0.29) is 5.54 Å². The van der Waals surface area contributed by atoms with Crippen LogP contribution >= 0.6 is 0 Å². The van der Waals surface area contributed by atoms with Crippen molar-refractivity contribution in [1.82, 2.24) is 5.32 Å². The van der Waals surface area contributed by atoms with Gasteiger partial charge in [-0.3, -0.25) is 0 Å². The van der Waals surface area contributed by atoms with Crippen LogP contribution < -0.4 is 11.1 Å². The summed E-state index contributed by atoms with van der Waals surface area (Å²) in [5.74, 6) is 5.93. The predicted molar refractivity (Wildman–Crippen MR) is 58.4 cm³/mol. The fourth-order valence-electron chi connectivity index (χ4n) is 1.38. The highest BCUT2D eigenvalue weighted by Crippen LogP contribution is 2.12. The van der Waals surface area contributed by atoms with Gasteiger partial charge in [0.2, 0.25) is 0 Å². The zero-order valence-electron chi connectivity index (χ0n) is 9.11. The van der Waals surface area contributed by atoms with E-state index in [2.05, 4.69) is 31.0 Å². The van der Waals surface area contributed by atoms with Gasteiger partial charge in [-0.2, -0.15) is 0 Å². The van der Waals surface area contributed by atoms with Gasteiger partial charge in [0.15, 0.2) is 0 Å². The van der Waals surface area contributed by atoms with Crippen molar-refractivity contribution in [2.75, 3.05) is 13.1 Å². The number of hydrogen-bond donors (Lipinski definition) is 2. The van der Waals surface area contributed by atoms with Crippen LogP contribution in [0.2, 0.25) is 0 Å². The van der Waals surface area contributed by atoms with E-state index < -0.39 is 0 Å². The quantitative estimate of drug-likeness (QED) is 0.482. The van der Waals surface area contributed by atoms with E-state index >= 15 is 0 Å². The SMILES string of the molecule is CC#CCCNC(CC)(CC)CN. The van der Waals surface area contributed by atoms with Crippen molar-refractivity contribution < 1.29 is 0 Å². The van der Waals surface area contributed by atoms with Gasteiger partial charge in [0.1, 0.15) is 0 Å². The van der Waals surface area contributed by atoms with Gasteiger partial charge in [-0.25, -0.2) is 0 Å². The molecular formula is C11H22N2. The van der Waals surface area contributed by atoms with Crippen molar-refractivity contribution >= 4 is 0 Å². The van der Waals surface area contributed by atoms with Gasteiger partial charge >= 0.3 is 0 Å². The number of nitrogens with one attached hydrogen (secondary N) is 1. The van der Waals surface area contributed by atoms with Crippen LogP contribution in [0.25, 0.3) is 0 Å². The molecule has 0 aliphatic heterocycles.